The fourth-order valence-electron chi connectivity index (χ4n) is 5.76. The fraction of sp³-hybridized carbons (Fsp3) is 0.176. The van der Waals surface area contributed by atoms with Gasteiger partial charge in [-0.2, -0.15) is 0 Å². The second-order valence-corrected chi connectivity index (χ2v) is 13.9. The van der Waals surface area contributed by atoms with E-state index in [1.807, 2.05) is 111 Å². The highest BCUT2D eigenvalue weighted by Crippen LogP contribution is 2.41. The molecule has 8 nitrogen and oxygen atoms in total. The highest BCUT2D eigenvalue weighted by atomic mass is 32.2. The van der Waals surface area contributed by atoms with E-state index in [1.165, 1.54) is 0 Å². The first-order valence-corrected chi connectivity index (χ1v) is 17.5. The average molecular weight is 681 g/mol. The lowest BCUT2D eigenvalue weighted by molar-refractivity contribution is -0.118. The zero-order chi connectivity index (χ0) is 31.9. The van der Waals surface area contributed by atoms with Crippen LogP contribution in [0.4, 0.5) is 0 Å². The summed E-state index contributed by atoms with van der Waals surface area (Å²) < 4.78 is 4.03. The summed E-state index contributed by atoms with van der Waals surface area (Å²) in [5.41, 5.74) is 7.30. The van der Waals surface area contributed by atoms with Crippen molar-refractivity contribution in [3.05, 3.63) is 129 Å². The number of benzene rings is 3. The van der Waals surface area contributed by atoms with E-state index in [4.69, 9.17) is 34.4 Å². The van der Waals surface area contributed by atoms with E-state index in [0.717, 1.165) is 44.8 Å². The SMILES string of the molecule is Cc1cn(N2C(=O)CSC2c2ccc(C3SCC(=O)N3n3cc(C)c(-c4ccccc4)nc3=S)cc2)c(=S)nc1-c1ccccc1. The number of amides is 2. The quantitative estimate of drug-likeness (QED) is 0.173. The van der Waals surface area contributed by atoms with Gasteiger partial charge >= 0.3 is 0 Å². The molecule has 2 aromatic heterocycles. The molecule has 5 aromatic rings. The number of rotatable bonds is 6. The van der Waals surface area contributed by atoms with Gasteiger partial charge in [0.05, 0.1) is 22.9 Å². The molecule has 0 bridgehead atoms. The Balaban J connectivity index is 1.17. The van der Waals surface area contributed by atoms with Gasteiger partial charge in [0, 0.05) is 23.5 Å². The van der Waals surface area contributed by atoms with Crippen molar-refractivity contribution in [1.82, 2.24) is 19.3 Å². The largest absolute Gasteiger partial charge is 0.272 e. The van der Waals surface area contributed by atoms with E-state index in [-0.39, 0.29) is 22.6 Å². The van der Waals surface area contributed by atoms with Crippen LogP contribution in [0, 0.1) is 23.4 Å². The second-order valence-electron chi connectivity index (χ2n) is 11.0. The lowest BCUT2D eigenvalue weighted by Gasteiger charge is -2.28. The maximum Gasteiger partial charge on any atom is 0.252 e. The number of carbonyl (C=O) groups excluding carboxylic acids is 2. The van der Waals surface area contributed by atoms with Gasteiger partial charge in [-0.25, -0.2) is 29.3 Å². The number of carbonyl (C=O) groups is 2. The molecule has 12 heteroatoms. The van der Waals surface area contributed by atoms with Crippen molar-refractivity contribution >= 4 is 59.8 Å². The molecule has 230 valence electrons. The highest BCUT2D eigenvalue weighted by molar-refractivity contribution is 8.01. The Hall–Kier alpha value is -4.10. The van der Waals surface area contributed by atoms with Crippen LogP contribution in [0.3, 0.4) is 0 Å². The van der Waals surface area contributed by atoms with Gasteiger partial charge in [-0.15, -0.1) is 23.5 Å². The summed E-state index contributed by atoms with van der Waals surface area (Å²) in [5, 5.41) is 2.83. The van der Waals surface area contributed by atoms with Crippen LogP contribution in [0.25, 0.3) is 22.5 Å². The molecule has 4 heterocycles. The molecular formula is C34H28N6O2S4. The molecule has 0 radical (unpaired) electrons. The highest BCUT2D eigenvalue weighted by Gasteiger charge is 2.37. The zero-order valence-electron chi connectivity index (χ0n) is 24.9. The van der Waals surface area contributed by atoms with E-state index in [0.29, 0.717) is 21.0 Å². The summed E-state index contributed by atoms with van der Waals surface area (Å²) in [6, 6.07) is 27.9. The maximum absolute atomic E-state index is 13.2. The van der Waals surface area contributed by atoms with Crippen LogP contribution in [0.5, 0.6) is 0 Å². The molecule has 3 aromatic carbocycles. The number of aromatic nitrogens is 4. The van der Waals surface area contributed by atoms with E-state index < -0.39 is 0 Å². The van der Waals surface area contributed by atoms with Crippen molar-refractivity contribution in [2.75, 3.05) is 21.5 Å². The number of nitrogens with zero attached hydrogens (tertiary/aromatic N) is 6. The van der Waals surface area contributed by atoms with Gasteiger partial charge in [-0.3, -0.25) is 9.59 Å². The van der Waals surface area contributed by atoms with Gasteiger partial charge < -0.3 is 0 Å². The molecule has 2 amide bonds. The van der Waals surface area contributed by atoms with Crippen molar-refractivity contribution in [2.24, 2.45) is 0 Å². The second kappa shape index (κ2) is 12.6. The van der Waals surface area contributed by atoms with Crippen molar-refractivity contribution in [3.63, 3.8) is 0 Å². The zero-order valence-corrected chi connectivity index (χ0v) is 28.2. The molecule has 2 saturated heterocycles. The first-order chi connectivity index (χ1) is 22.3. The summed E-state index contributed by atoms with van der Waals surface area (Å²) >= 11 is 14.5. The summed E-state index contributed by atoms with van der Waals surface area (Å²) in [5.74, 6) is 0.585. The van der Waals surface area contributed by atoms with Gasteiger partial charge in [0.1, 0.15) is 10.7 Å². The van der Waals surface area contributed by atoms with E-state index in [2.05, 4.69) is 0 Å². The van der Waals surface area contributed by atoms with Gasteiger partial charge in [0.2, 0.25) is 9.54 Å². The Morgan fingerprint density at radius 2 is 0.978 bits per heavy atom. The minimum Gasteiger partial charge on any atom is -0.272 e. The maximum atomic E-state index is 13.2. The van der Waals surface area contributed by atoms with Crippen LogP contribution in [-0.2, 0) is 9.59 Å². The van der Waals surface area contributed by atoms with Crippen LogP contribution in [0.1, 0.15) is 33.0 Å². The Bertz CT molecular complexity index is 1930. The van der Waals surface area contributed by atoms with Crippen LogP contribution in [-0.4, -0.2) is 42.6 Å². The molecule has 2 aliphatic rings. The van der Waals surface area contributed by atoms with Crippen LogP contribution in [0.15, 0.2) is 97.3 Å². The van der Waals surface area contributed by atoms with Crippen LogP contribution < -0.4 is 10.0 Å². The summed E-state index contributed by atoms with van der Waals surface area (Å²) in [7, 11) is 0. The Morgan fingerprint density at radius 1 is 0.609 bits per heavy atom. The minimum absolute atomic E-state index is 0.0387. The van der Waals surface area contributed by atoms with Gasteiger partial charge in [0.15, 0.2) is 0 Å². The molecule has 0 saturated carbocycles. The normalized spacial score (nSPS) is 18.0. The predicted molar refractivity (Wildman–Crippen MR) is 190 cm³/mol. The molecule has 46 heavy (non-hydrogen) atoms. The number of aryl methyl sites for hydroxylation is 2. The van der Waals surface area contributed by atoms with Crippen molar-refractivity contribution in [3.8, 4) is 22.5 Å². The molecule has 2 unspecified atom stereocenters. The van der Waals surface area contributed by atoms with Gasteiger partial charge in [0.25, 0.3) is 11.8 Å². The predicted octanol–water partition coefficient (Wildman–Crippen LogP) is 7.31. The standard InChI is InChI=1S/C34H28N6O2S4/c1-21-17-37(33(43)35-29(21)23-9-5-3-6-10-23)39-27(41)19-45-31(39)25-13-15-26(16-14-25)32-40(28(42)20-46-32)38-18-22(2)30(36-34(38)44)24-11-7-4-8-12-24/h3-18,31-32H,19-20H2,1-2H3. The third-order valence-corrected chi connectivity index (χ3v) is 10.9. The van der Waals surface area contributed by atoms with Crippen molar-refractivity contribution in [1.29, 1.82) is 0 Å². The summed E-state index contributed by atoms with van der Waals surface area (Å²) in [6.07, 6.45) is 3.79. The molecule has 0 N–H and O–H groups in total. The Kier molecular flexibility index (Phi) is 8.36. The average Bonchev–Trinajstić information content (AvgIpc) is 3.65. The van der Waals surface area contributed by atoms with Gasteiger partial charge in [-0.1, -0.05) is 84.9 Å². The number of thioether (sulfide) groups is 2. The molecule has 0 spiro atoms. The molecule has 2 atom stereocenters. The third-order valence-electron chi connectivity index (χ3n) is 7.94. The fourth-order valence-corrected chi connectivity index (χ4v) is 8.51. The van der Waals surface area contributed by atoms with Crippen molar-refractivity contribution < 1.29 is 9.59 Å². The van der Waals surface area contributed by atoms with E-state index in [1.54, 1.807) is 42.9 Å². The van der Waals surface area contributed by atoms with E-state index >= 15 is 0 Å². The molecule has 2 fully saturated rings. The minimum atomic E-state index is -0.281. The molecule has 2 aliphatic heterocycles. The van der Waals surface area contributed by atoms with Gasteiger partial charge in [-0.05, 0) is 60.5 Å². The Labute approximate surface area is 285 Å². The number of hydrogen-bond donors (Lipinski definition) is 0. The van der Waals surface area contributed by atoms with E-state index in [9.17, 15) is 9.59 Å². The van der Waals surface area contributed by atoms with Crippen LogP contribution in [0.2, 0.25) is 0 Å². The Morgan fingerprint density at radius 3 is 1.35 bits per heavy atom. The van der Waals surface area contributed by atoms with Crippen molar-refractivity contribution in [2.45, 2.75) is 24.6 Å². The summed E-state index contributed by atoms with van der Waals surface area (Å²) in [6.45, 7) is 3.95. The summed E-state index contributed by atoms with van der Waals surface area (Å²) in [4.78, 5) is 35.8. The third kappa shape index (κ3) is 5.59. The lowest BCUT2D eigenvalue weighted by Crippen LogP contribution is -2.39. The first kappa shape index (κ1) is 30.5. The topological polar surface area (TPSA) is 76.3 Å². The molecule has 7 rings (SSSR count). The monoisotopic (exact) mass is 680 g/mol. The lowest BCUT2D eigenvalue weighted by atomic mass is 10.1. The molecule has 0 aliphatic carbocycles. The molecular weight excluding hydrogens is 653 g/mol. The van der Waals surface area contributed by atoms with Crippen LogP contribution >= 0.6 is 48.0 Å². The first-order valence-electron chi connectivity index (χ1n) is 14.6. The smallest absolute Gasteiger partial charge is 0.252 e. The number of hydrogen-bond acceptors (Lipinski definition) is 8.